The van der Waals surface area contributed by atoms with Crippen LogP contribution in [0.1, 0.15) is 10.4 Å². The number of carbonyl (C=O) groups excluding carboxylic acids is 1. The molecule has 0 atom stereocenters. The van der Waals surface area contributed by atoms with Crippen LogP contribution in [-0.4, -0.2) is 31.1 Å². The van der Waals surface area contributed by atoms with Gasteiger partial charge in [0.15, 0.2) is 11.5 Å². The first-order chi connectivity index (χ1) is 11.6. The van der Waals surface area contributed by atoms with Crippen molar-refractivity contribution in [2.24, 2.45) is 0 Å². The molecule has 1 heterocycles. The van der Waals surface area contributed by atoms with E-state index in [0.717, 1.165) is 0 Å². The summed E-state index contributed by atoms with van der Waals surface area (Å²) >= 11 is 0. The second-order valence-electron chi connectivity index (χ2n) is 5.05. The molecular weight excluding hydrogens is 314 g/mol. The number of carbonyl (C=O) groups is 1. The minimum Gasteiger partial charge on any atom is -0.486 e. The van der Waals surface area contributed by atoms with Crippen LogP contribution in [0.2, 0.25) is 0 Å². The Bertz CT molecular complexity index is 806. The van der Waals surface area contributed by atoms with E-state index in [2.05, 4.69) is 10.6 Å². The average molecular weight is 329 g/mol. The predicted octanol–water partition coefficient (Wildman–Crippen LogP) is 2.66. The molecule has 2 aromatic carbocycles. The van der Waals surface area contributed by atoms with Crippen LogP contribution in [0.25, 0.3) is 0 Å². The summed E-state index contributed by atoms with van der Waals surface area (Å²) in [5.41, 5.74) is 0.892. The van der Waals surface area contributed by atoms with Gasteiger partial charge in [-0.3, -0.25) is 14.9 Å². The molecule has 24 heavy (non-hydrogen) atoms. The Balaban J connectivity index is 1.82. The summed E-state index contributed by atoms with van der Waals surface area (Å²) in [6, 6.07) is 9.30. The average Bonchev–Trinajstić information content (AvgIpc) is 2.61. The molecule has 0 saturated heterocycles. The molecule has 0 bridgehead atoms. The maximum atomic E-state index is 12.3. The van der Waals surface area contributed by atoms with Gasteiger partial charge in [-0.15, -0.1) is 0 Å². The summed E-state index contributed by atoms with van der Waals surface area (Å²) in [6.45, 7) is 0.933. The van der Waals surface area contributed by atoms with Gasteiger partial charge in [0.2, 0.25) is 0 Å². The molecule has 3 rings (SSSR count). The summed E-state index contributed by atoms with van der Waals surface area (Å²) in [5, 5.41) is 16.5. The van der Waals surface area contributed by atoms with E-state index >= 15 is 0 Å². The van der Waals surface area contributed by atoms with Crippen LogP contribution in [0.15, 0.2) is 36.4 Å². The number of ether oxygens (including phenoxy) is 2. The highest BCUT2D eigenvalue weighted by Crippen LogP contribution is 2.33. The molecule has 1 amide bonds. The number of amides is 1. The number of anilines is 2. The lowest BCUT2D eigenvalue weighted by molar-refractivity contribution is -0.384. The summed E-state index contributed by atoms with van der Waals surface area (Å²) in [6.07, 6.45) is 0. The van der Waals surface area contributed by atoms with Crippen LogP contribution >= 0.6 is 0 Å². The number of benzene rings is 2. The Morgan fingerprint density at radius 3 is 2.58 bits per heavy atom. The molecule has 124 valence electrons. The minimum absolute atomic E-state index is 0.160. The van der Waals surface area contributed by atoms with Gasteiger partial charge in [0.25, 0.3) is 11.6 Å². The number of nitro groups is 1. The largest absolute Gasteiger partial charge is 0.486 e. The SMILES string of the molecule is CNc1ccc(C(=O)Nc2ccc3c(c2)OCCO3)cc1[N+](=O)[O-]. The maximum absolute atomic E-state index is 12.3. The lowest BCUT2D eigenvalue weighted by Crippen LogP contribution is -2.16. The number of rotatable bonds is 4. The van der Waals surface area contributed by atoms with E-state index < -0.39 is 10.8 Å². The fourth-order valence-corrected chi connectivity index (χ4v) is 2.36. The fraction of sp³-hybridized carbons (Fsp3) is 0.188. The van der Waals surface area contributed by atoms with Crippen molar-refractivity contribution in [1.29, 1.82) is 0 Å². The lowest BCUT2D eigenvalue weighted by atomic mass is 10.1. The van der Waals surface area contributed by atoms with Crippen molar-refractivity contribution in [3.8, 4) is 11.5 Å². The van der Waals surface area contributed by atoms with Crippen molar-refractivity contribution in [3.63, 3.8) is 0 Å². The molecule has 1 aliphatic heterocycles. The number of nitrogens with one attached hydrogen (secondary N) is 2. The molecule has 2 aromatic rings. The summed E-state index contributed by atoms with van der Waals surface area (Å²) in [4.78, 5) is 22.9. The van der Waals surface area contributed by atoms with Gasteiger partial charge in [0.1, 0.15) is 18.9 Å². The zero-order chi connectivity index (χ0) is 17.1. The Morgan fingerprint density at radius 1 is 1.12 bits per heavy atom. The first-order valence-electron chi connectivity index (χ1n) is 7.25. The van der Waals surface area contributed by atoms with Gasteiger partial charge in [-0.05, 0) is 24.3 Å². The van der Waals surface area contributed by atoms with Crippen molar-refractivity contribution in [1.82, 2.24) is 0 Å². The molecular formula is C16H15N3O5. The lowest BCUT2D eigenvalue weighted by Gasteiger charge is -2.19. The van der Waals surface area contributed by atoms with Gasteiger partial charge in [0, 0.05) is 30.4 Å². The van der Waals surface area contributed by atoms with Crippen LogP contribution < -0.4 is 20.1 Å². The van der Waals surface area contributed by atoms with Gasteiger partial charge < -0.3 is 20.1 Å². The quantitative estimate of drug-likeness (QED) is 0.660. The topological polar surface area (TPSA) is 103 Å². The molecule has 8 nitrogen and oxygen atoms in total. The zero-order valence-corrected chi connectivity index (χ0v) is 12.9. The van der Waals surface area contributed by atoms with Crippen LogP contribution in [0, 0.1) is 10.1 Å². The summed E-state index contributed by atoms with van der Waals surface area (Å²) in [5.74, 6) is 0.723. The number of hydrogen-bond acceptors (Lipinski definition) is 6. The third-order valence-electron chi connectivity index (χ3n) is 3.53. The van der Waals surface area contributed by atoms with Crippen LogP contribution in [0.5, 0.6) is 11.5 Å². The highest BCUT2D eigenvalue weighted by molar-refractivity contribution is 6.05. The second-order valence-corrected chi connectivity index (χ2v) is 5.05. The van der Waals surface area contributed by atoms with Gasteiger partial charge in [-0.1, -0.05) is 0 Å². The molecule has 8 heteroatoms. The van der Waals surface area contributed by atoms with Crippen LogP contribution in [0.4, 0.5) is 17.1 Å². The third-order valence-corrected chi connectivity index (χ3v) is 3.53. The number of nitro benzene ring substituents is 1. The van der Waals surface area contributed by atoms with Crippen molar-refractivity contribution in [3.05, 3.63) is 52.1 Å². The fourth-order valence-electron chi connectivity index (χ4n) is 2.36. The molecule has 1 aliphatic rings. The van der Waals surface area contributed by atoms with Crippen LogP contribution in [-0.2, 0) is 0 Å². The van der Waals surface area contributed by atoms with Gasteiger partial charge in [0.05, 0.1) is 4.92 Å². The van der Waals surface area contributed by atoms with E-state index in [0.29, 0.717) is 36.1 Å². The Labute approximate surface area is 137 Å². The monoisotopic (exact) mass is 329 g/mol. The molecule has 0 fully saturated rings. The molecule has 2 N–H and O–H groups in total. The number of hydrogen-bond donors (Lipinski definition) is 2. The predicted molar refractivity (Wildman–Crippen MR) is 88.0 cm³/mol. The second kappa shape index (κ2) is 6.45. The van der Waals surface area contributed by atoms with Crippen molar-refractivity contribution < 1.29 is 19.2 Å². The highest BCUT2D eigenvalue weighted by atomic mass is 16.6. The summed E-state index contributed by atoms with van der Waals surface area (Å²) in [7, 11) is 1.58. The standard InChI is InChI=1S/C16H15N3O5/c1-17-12-4-2-10(8-13(12)19(21)22)16(20)18-11-3-5-14-15(9-11)24-7-6-23-14/h2-5,8-9,17H,6-7H2,1H3,(H,18,20). The van der Waals surface area contributed by atoms with E-state index in [4.69, 9.17) is 9.47 Å². The van der Waals surface area contributed by atoms with Crippen LogP contribution in [0.3, 0.4) is 0 Å². The van der Waals surface area contributed by atoms with E-state index in [1.165, 1.54) is 18.2 Å². The molecule has 0 aromatic heterocycles. The Kier molecular flexibility index (Phi) is 4.19. The highest BCUT2D eigenvalue weighted by Gasteiger charge is 2.18. The van der Waals surface area contributed by atoms with E-state index in [-0.39, 0.29) is 11.3 Å². The molecule has 0 unspecified atom stereocenters. The van der Waals surface area contributed by atoms with E-state index in [9.17, 15) is 14.9 Å². The number of nitrogens with zero attached hydrogens (tertiary/aromatic N) is 1. The summed E-state index contributed by atoms with van der Waals surface area (Å²) < 4.78 is 10.9. The van der Waals surface area contributed by atoms with E-state index in [1.54, 1.807) is 25.2 Å². The smallest absolute Gasteiger partial charge is 0.293 e. The molecule has 0 aliphatic carbocycles. The first kappa shape index (κ1) is 15.6. The normalized spacial score (nSPS) is 12.4. The Morgan fingerprint density at radius 2 is 1.88 bits per heavy atom. The van der Waals surface area contributed by atoms with Gasteiger partial charge >= 0.3 is 0 Å². The molecule has 0 spiro atoms. The van der Waals surface area contributed by atoms with Gasteiger partial charge in [-0.25, -0.2) is 0 Å². The Hall–Kier alpha value is -3.29. The molecule has 0 saturated carbocycles. The number of fused-ring (bicyclic) bond motifs is 1. The maximum Gasteiger partial charge on any atom is 0.293 e. The zero-order valence-electron chi connectivity index (χ0n) is 12.9. The van der Waals surface area contributed by atoms with Crippen molar-refractivity contribution in [2.45, 2.75) is 0 Å². The third kappa shape index (κ3) is 3.07. The first-order valence-corrected chi connectivity index (χ1v) is 7.25. The van der Waals surface area contributed by atoms with Crippen molar-refractivity contribution >= 4 is 23.0 Å². The van der Waals surface area contributed by atoms with Crippen molar-refractivity contribution in [2.75, 3.05) is 30.9 Å². The van der Waals surface area contributed by atoms with Gasteiger partial charge in [-0.2, -0.15) is 0 Å². The molecule has 0 radical (unpaired) electrons. The minimum atomic E-state index is -0.535. The van der Waals surface area contributed by atoms with E-state index in [1.807, 2.05) is 0 Å².